The summed E-state index contributed by atoms with van der Waals surface area (Å²) in [5.74, 6) is -0.368. The van der Waals surface area contributed by atoms with E-state index in [1.165, 1.54) is 0 Å². The number of ether oxygens (including phenoxy) is 1. The van der Waals surface area contributed by atoms with E-state index in [0.29, 0.717) is 12.2 Å². The largest absolute Gasteiger partial charge is 0.462 e. The molecular weight excluding hydrogens is 607 g/mol. The van der Waals surface area contributed by atoms with Gasteiger partial charge < -0.3 is 4.74 Å². The zero-order valence-electron chi connectivity index (χ0n) is 23.3. The van der Waals surface area contributed by atoms with Gasteiger partial charge in [-0.05, 0) is 61.5 Å². The molecule has 212 valence electrons. The van der Waals surface area contributed by atoms with E-state index in [4.69, 9.17) is 9.72 Å². The fourth-order valence-electron chi connectivity index (χ4n) is 4.41. The molecule has 0 N–H and O–H groups in total. The molecule has 1 aromatic heterocycles. The molecule has 0 bridgehead atoms. The van der Waals surface area contributed by atoms with Crippen molar-refractivity contribution in [2.75, 3.05) is 6.61 Å². The van der Waals surface area contributed by atoms with Gasteiger partial charge in [-0.1, -0.05) is 120 Å². The van der Waals surface area contributed by atoms with Crippen LogP contribution in [0.5, 0.6) is 0 Å². The molecule has 1 heterocycles. The maximum Gasteiger partial charge on any atom is 0.340 e. The van der Waals surface area contributed by atoms with E-state index in [1.54, 1.807) is 53.2 Å². The third-order valence-electron chi connectivity index (χ3n) is 6.34. The van der Waals surface area contributed by atoms with E-state index >= 15 is 0 Å². The van der Waals surface area contributed by atoms with Gasteiger partial charge in [0.2, 0.25) is 0 Å². The lowest BCUT2D eigenvalue weighted by Crippen LogP contribution is -2.08. The molecule has 0 saturated heterocycles. The van der Waals surface area contributed by atoms with E-state index in [0.717, 1.165) is 50.1 Å². The number of rotatable bonds is 10. The van der Waals surface area contributed by atoms with Crippen LogP contribution in [0, 0.1) is 0 Å². The molecule has 0 unspecified atom stereocenters. The lowest BCUT2D eigenvalue weighted by Gasteiger charge is -2.19. The van der Waals surface area contributed by atoms with Gasteiger partial charge in [0, 0.05) is 45.9 Å². The van der Waals surface area contributed by atoms with Crippen molar-refractivity contribution in [2.45, 2.75) is 46.1 Å². The molecule has 0 saturated carbocycles. The highest BCUT2D eigenvalue weighted by Crippen LogP contribution is 2.50. The number of nitrogens with zero attached hydrogens (tertiary/aromatic N) is 1. The average molecular weight is 634 g/mol. The van der Waals surface area contributed by atoms with Crippen molar-refractivity contribution < 1.29 is 9.53 Å². The number of hydrogen-bond donors (Lipinski definition) is 0. The minimum absolute atomic E-state index is 0.295. The van der Waals surface area contributed by atoms with Crippen LogP contribution in [0.1, 0.15) is 17.3 Å². The van der Waals surface area contributed by atoms with Crippen molar-refractivity contribution in [3.63, 3.8) is 0 Å². The van der Waals surface area contributed by atoms with Crippen molar-refractivity contribution in [3.8, 4) is 0 Å². The van der Waals surface area contributed by atoms with Gasteiger partial charge in [0.15, 0.2) is 0 Å². The Balaban J connectivity index is 1.64. The Bertz CT molecular complexity index is 1830. The molecule has 0 amide bonds. The molecular formula is C36H27NO2S4. The number of pyridine rings is 1. The van der Waals surface area contributed by atoms with Gasteiger partial charge in [-0.3, -0.25) is 4.98 Å². The van der Waals surface area contributed by atoms with Crippen LogP contribution < -0.4 is 0 Å². The first-order valence-corrected chi connectivity index (χ1v) is 17.0. The summed E-state index contributed by atoms with van der Waals surface area (Å²) in [7, 11) is 0. The molecule has 0 aliphatic heterocycles. The van der Waals surface area contributed by atoms with E-state index in [-0.39, 0.29) is 5.97 Å². The molecule has 0 atom stereocenters. The SMILES string of the molecule is CCOC(=O)c1cnc2c(Sc3ccccc3)c(Sc3ccccc3)c(Sc3ccccc3)cc2c1Sc1ccccc1. The van der Waals surface area contributed by atoms with Gasteiger partial charge in [-0.15, -0.1) is 0 Å². The topological polar surface area (TPSA) is 39.2 Å². The number of fused-ring (bicyclic) bond motifs is 1. The molecule has 0 aliphatic carbocycles. The van der Waals surface area contributed by atoms with E-state index in [9.17, 15) is 4.79 Å². The summed E-state index contributed by atoms with van der Waals surface area (Å²) in [5, 5.41) is 0.925. The van der Waals surface area contributed by atoms with Crippen molar-refractivity contribution in [3.05, 3.63) is 139 Å². The third-order valence-corrected chi connectivity index (χ3v) is 11.0. The fourth-order valence-corrected chi connectivity index (χ4v) is 8.80. The first-order valence-electron chi connectivity index (χ1n) is 13.8. The molecule has 0 aliphatic rings. The number of carbonyl (C=O) groups is 1. The second kappa shape index (κ2) is 14.2. The monoisotopic (exact) mass is 633 g/mol. The summed E-state index contributed by atoms with van der Waals surface area (Å²) in [6.07, 6.45) is 1.68. The minimum Gasteiger partial charge on any atom is -0.462 e. The Morgan fingerprint density at radius 3 is 1.53 bits per heavy atom. The summed E-state index contributed by atoms with van der Waals surface area (Å²) >= 11 is 6.74. The predicted octanol–water partition coefficient (Wildman–Crippen LogP) is 11.0. The molecule has 0 spiro atoms. The first kappa shape index (κ1) is 29.5. The minimum atomic E-state index is -0.368. The molecule has 6 aromatic rings. The Morgan fingerprint density at radius 1 is 0.605 bits per heavy atom. The standard InChI is InChI=1S/C36H27NO2S4/c1-2-39-36(38)30-24-37-32-29(33(30)41-26-17-9-4-10-18-26)23-31(40-25-15-7-3-8-16-25)34(42-27-19-11-5-12-20-27)35(32)43-28-21-13-6-14-22-28/h3-24H,2H2,1H3. The van der Waals surface area contributed by atoms with Crippen LogP contribution in [0.2, 0.25) is 0 Å². The van der Waals surface area contributed by atoms with Crippen LogP contribution in [-0.4, -0.2) is 17.6 Å². The second-order valence-corrected chi connectivity index (χ2v) is 13.7. The van der Waals surface area contributed by atoms with Gasteiger partial charge in [0.1, 0.15) is 0 Å². The summed E-state index contributed by atoms with van der Waals surface area (Å²) in [6, 6.07) is 43.6. The maximum atomic E-state index is 13.3. The van der Waals surface area contributed by atoms with Crippen molar-refractivity contribution >= 4 is 63.9 Å². The quantitative estimate of drug-likeness (QED) is 0.139. The van der Waals surface area contributed by atoms with Crippen LogP contribution in [-0.2, 0) is 4.74 Å². The molecule has 0 fully saturated rings. The van der Waals surface area contributed by atoms with Crippen molar-refractivity contribution in [2.24, 2.45) is 0 Å². The average Bonchev–Trinajstić information content (AvgIpc) is 3.05. The molecule has 3 nitrogen and oxygen atoms in total. The number of benzene rings is 5. The van der Waals surface area contributed by atoms with E-state index in [2.05, 4.69) is 91.0 Å². The van der Waals surface area contributed by atoms with Gasteiger partial charge in [0.05, 0.1) is 22.6 Å². The van der Waals surface area contributed by atoms with Gasteiger partial charge in [-0.25, -0.2) is 4.79 Å². The Labute approximate surface area is 268 Å². The number of hydrogen-bond acceptors (Lipinski definition) is 7. The predicted molar refractivity (Wildman–Crippen MR) is 180 cm³/mol. The summed E-state index contributed by atoms with van der Waals surface area (Å²) in [5.41, 5.74) is 1.33. The molecule has 6 rings (SSSR count). The number of carbonyl (C=O) groups excluding carboxylic acids is 1. The molecule has 7 heteroatoms. The lowest BCUT2D eigenvalue weighted by molar-refractivity contribution is 0.0522. The summed E-state index contributed by atoms with van der Waals surface area (Å²) < 4.78 is 5.50. The van der Waals surface area contributed by atoms with Crippen LogP contribution in [0.15, 0.2) is 173 Å². The van der Waals surface area contributed by atoms with E-state index < -0.39 is 0 Å². The summed E-state index contributed by atoms with van der Waals surface area (Å²) in [6.45, 7) is 2.12. The lowest BCUT2D eigenvalue weighted by atomic mass is 10.1. The van der Waals surface area contributed by atoms with Gasteiger partial charge in [0.25, 0.3) is 0 Å². The Kier molecular flexibility index (Phi) is 9.75. The number of esters is 1. The second-order valence-electron chi connectivity index (χ2n) is 9.31. The fraction of sp³-hybridized carbons (Fsp3) is 0.0556. The van der Waals surface area contributed by atoms with Gasteiger partial charge >= 0.3 is 5.97 Å². The maximum absolute atomic E-state index is 13.3. The normalized spacial score (nSPS) is 11.0. The van der Waals surface area contributed by atoms with Crippen LogP contribution in [0.25, 0.3) is 10.9 Å². The highest BCUT2D eigenvalue weighted by molar-refractivity contribution is 8.04. The van der Waals surface area contributed by atoms with E-state index in [1.807, 2.05) is 43.3 Å². The first-order chi connectivity index (χ1) is 21.2. The van der Waals surface area contributed by atoms with Crippen LogP contribution in [0.3, 0.4) is 0 Å². The highest BCUT2D eigenvalue weighted by atomic mass is 32.2. The van der Waals surface area contributed by atoms with Crippen LogP contribution >= 0.6 is 47.0 Å². The Hall–Kier alpha value is -3.62. The molecule has 0 radical (unpaired) electrons. The zero-order chi connectivity index (χ0) is 29.4. The Morgan fingerprint density at radius 2 is 1.05 bits per heavy atom. The summed E-state index contributed by atoms with van der Waals surface area (Å²) in [4.78, 5) is 26.8. The zero-order valence-corrected chi connectivity index (χ0v) is 26.6. The molecule has 43 heavy (non-hydrogen) atoms. The number of aromatic nitrogens is 1. The van der Waals surface area contributed by atoms with Crippen molar-refractivity contribution in [1.82, 2.24) is 4.98 Å². The van der Waals surface area contributed by atoms with Crippen molar-refractivity contribution in [1.29, 1.82) is 0 Å². The van der Waals surface area contributed by atoms with Gasteiger partial charge in [-0.2, -0.15) is 0 Å². The van der Waals surface area contributed by atoms with Crippen LogP contribution in [0.4, 0.5) is 0 Å². The highest BCUT2D eigenvalue weighted by Gasteiger charge is 2.24. The molecule has 5 aromatic carbocycles. The smallest absolute Gasteiger partial charge is 0.340 e. The third kappa shape index (κ3) is 7.13.